The van der Waals surface area contributed by atoms with E-state index in [1.807, 2.05) is 26.0 Å². The van der Waals surface area contributed by atoms with Crippen molar-refractivity contribution in [3.63, 3.8) is 0 Å². The molecular weight excluding hydrogens is 200 g/mol. The number of carbonyl (C=O) groups excluding carboxylic acids is 1. The quantitative estimate of drug-likeness (QED) is 0.773. The lowest BCUT2D eigenvalue weighted by Gasteiger charge is -2.33. The van der Waals surface area contributed by atoms with Crippen LogP contribution in [-0.4, -0.2) is 22.9 Å². The minimum atomic E-state index is -0.394. The van der Waals surface area contributed by atoms with Crippen molar-refractivity contribution >= 4 is 5.78 Å². The smallest absolute Gasteiger partial charge is 0.184 e. The van der Waals surface area contributed by atoms with Crippen LogP contribution >= 0.6 is 0 Å². The Hall–Kier alpha value is -1.22. The molecule has 86 valence electrons. The first-order valence-corrected chi connectivity index (χ1v) is 5.84. The van der Waals surface area contributed by atoms with E-state index in [2.05, 4.69) is 10.3 Å². The first-order chi connectivity index (χ1) is 7.62. The van der Waals surface area contributed by atoms with Crippen LogP contribution in [0.25, 0.3) is 0 Å². The highest BCUT2D eigenvalue weighted by Crippen LogP contribution is 2.23. The van der Waals surface area contributed by atoms with E-state index in [1.54, 1.807) is 6.20 Å². The summed E-state index contributed by atoms with van der Waals surface area (Å²) in [7, 11) is 0. The SMILES string of the molecule is Cc1ccc(C(=O)C2(C)CCCCN2)cn1. The highest BCUT2D eigenvalue weighted by molar-refractivity contribution is 6.02. The minimum absolute atomic E-state index is 0.166. The number of rotatable bonds is 2. The molecular formula is C13H18N2O. The van der Waals surface area contributed by atoms with E-state index in [4.69, 9.17) is 0 Å². The van der Waals surface area contributed by atoms with Crippen LogP contribution in [0.1, 0.15) is 42.2 Å². The molecule has 16 heavy (non-hydrogen) atoms. The maximum Gasteiger partial charge on any atom is 0.184 e. The lowest BCUT2D eigenvalue weighted by molar-refractivity contribution is 0.0834. The molecule has 0 radical (unpaired) electrons. The van der Waals surface area contributed by atoms with Crippen molar-refractivity contribution in [1.82, 2.24) is 10.3 Å². The molecule has 0 amide bonds. The Morgan fingerprint density at radius 1 is 1.44 bits per heavy atom. The van der Waals surface area contributed by atoms with Gasteiger partial charge >= 0.3 is 0 Å². The Morgan fingerprint density at radius 3 is 2.81 bits per heavy atom. The highest BCUT2D eigenvalue weighted by atomic mass is 16.1. The molecule has 1 atom stereocenters. The highest BCUT2D eigenvalue weighted by Gasteiger charge is 2.34. The van der Waals surface area contributed by atoms with Crippen LogP contribution in [0, 0.1) is 6.92 Å². The van der Waals surface area contributed by atoms with Crippen LogP contribution in [0.5, 0.6) is 0 Å². The molecule has 1 unspecified atom stereocenters. The lowest BCUT2D eigenvalue weighted by Crippen LogP contribution is -2.52. The van der Waals surface area contributed by atoms with E-state index >= 15 is 0 Å². The monoisotopic (exact) mass is 218 g/mol. The molecule has 2 heterocycles. The maximum atomic E-state index is 12.3. The average Bonchev–Trinajstić information content (AvgIpc) is 2.30. The lowest BCUT2D eigenvalue weighted by atomic mass is 9.84. The zero-order chi connectivity index (χ0) is 11.6. The van der Waals surface area contributed by atoms with Crippen molar-refractivity contribution in [3.8, 4) is 0 Å². The van der Waals surface area contributed by atoms with E-state index in [1.165, 1.54) is 0 Å². The predicted molar refractivity (Wildman–Crippen MR) is 63.6 cm³/mol. The third kappa shape index (κ3) is 2.14. The average molecular weight is 218 g/mol. The first-order valence-electron chi connectivity index (χ1n) is 5.84. The van der Waals surface area contributed by atoms with Gasteiger partial charge in [0.2, 0.25) is 0 Å². The van der Waals surface area contributed by atoms with Gasteiger partial charge < -0.3 is 5.32 Å². The number of Topliss-reactive ketones (excluding diaryl/α,β-unsaturated/α-hetero) is 1. The number of aromatic nitrogens is 1. The van der Waals surface area contributed by atoms with Crippen LogP contribution < -0.4 is 5.32 Å². The van der Waals surface area contributed by atoms with Crippen LogP contribution in [-0.2, 0) is 0 Å². The zero-order valence-corrected chi connectivity index (χ0v) is 9.92. The molecule has 0 aromatic carbocycles. The van der Waals surface area contributed by atoms with Crippen molar-refractivity contribution in [2.45, 2.75) is 38.6 Å². The summed E-state index contributed by atoms with van der Waals surface area (Å²) in [4.78, 5) is 16.5. The fourth-order valence-electron chi connectivity index (χ4n) is 2.17. The third-order valence-electron chi connectivity index (χ3n) is 3.29. The molecule has 1 N–H and O–H groups in total. The third-order valence-corrected chi connectivity index (χ3v) is 3.29. The van der Waals surface area contributed by atoms with Gasteiger partial charge in [-0.15, -0.1) is 0 Å². The number of piperidine rings is 1. The predicted octanol–water partition coefficient (Wildman–Crippen LogP) is 2.10. The molecule has 1 saturated heterocycles. The van der Waals surface area contributed by atoms with Crippen LogP contribution in [0.2, 0.25) is 0 Å². The molecule has 3 nitrogen and oxygen atoms in total. The summed E-state index contributed by atoms with van der Waals surface area (Å²) in [6.07, 6.45) is 4.88. The second-order valence-electron chi connectivity index (χ2n) is 4.73. The van der Waals surface area contributed by atoms with Gasteiger partial charge in [0.05, 0.1) is 5.54 Å². The number of hydrogen-bond acceptors (Lipinski definition) is 3. The van der Waals surface area contributed by atoms with Crippen LogP contribution in [0.15, 0.2) is 18.3 Å². The van der Waals surface area contributed by atoms with Gasteiger partial charge in [-0.25, -0.2) is 0 Å². The molecule has 1 aromatic heterocycles. The van der Waals surface area contributed by atoms with E-state index < -0.39 is 5.54 Å². The normalized spacial score (nSPS) is 25.4. The molecule has 2 rings (SSSR count). The molecule has 1 aliphatic heterocycles. The van der Waals surface area contributed by atoms with Gasteiger partial charge in [-0.2, -0.15) is 0 Å². The summed E-state index contributed by atoms with van der Waals surface area (Å²) in [6.45, 7) is 4.85. The summed E-state index contributed by atoms with van der Waals surface area (Å²) < 4.78 is 0. The molecule has 0 bridgehead atoms. The first kappa shape index (κ1) is 11.3. The summed E-state index contributed by atoms with van der Waals surface area (Å²) in [5.74, 6) is 0.166. The molecule has 0 aliphatic carbocycles. The zero-order valence-electron chi connectivity index (χ0n) is 9.92. The number of carbonyl (C=O) groups is 1. The molecule has 1 aromatic rings. The molecule has 1 aliphatic rings. The Morgan fingerprint density at radius 2 is 2.25 bits per heavy atom. The minimum Gasteiger partial charge on any atom is -0.305 e. The summed E-state index contributed by atoms with van der Waals surface area (Å²) in [6, 6.07) is 3.76. The Balaban J connectivity index is 2.20. The van der Waals surface area contributed by atoms with Gasteiger partial charge in [0.15, 0.2) is 5.78 Å². The number of nitrogens with zero attached hydrogens (tertiary/aromatic N) is 1. The number of nitrogens with one attached hydrogen (secondary N) is 1. The second-order valence-corrected chi connectivity index (χ2v) is 4.73. The van der Waals surface area contributed by atoms with E-state index in [0.29, 0.717) is 5.56 Å². The molecule has 3 heteroatoms. The molecule has 1 fully saturated rings. The van der Waals surface area contributed by atoms with Crippen LogP contribution in [0.3, 0.4) is 0 Å². The van der Waals surface area contributed by atoms with Crippen molar-refractivity contribution in [2.75, 3.05) is 6.54 Å². The van der Waals surface area contributed by atoms with Crippen molar-refractivity contribution in [1.29, 1.82) is 0 Å². The van der Waals surface area contributed by atoms with E-state index in [-0.39, 0.29) is 5.78 Å². The largest absolute Gasteiger partial charge is 0.305 e. The van der Waals surface area contributed by atoms with Crippen LogP contribution in [0.4, 0.5) is 0 Å². The number of hydrogen-bond donors (Lipinski definition) is 1. The summed E-state index contributed by atoms with van der Waals surface area (Å²) in [5, 5.41) is 3.33. The van der Waals surface area contributed by atoms with Crippen molar-refractivity contribution < 1.29 is 4.79 Å². The van der Waals surface area contributed by atoms with Gasteiger partial charge in [0.25, 0.3) is 0 Å². The fourth-order valence-corrected chi connectivity index (χ4v) is 2.17. The topological polar surface area (TPSA) is 42.0 Å². The van der Waals surface area contributed by atoms with Gasteiger partial charge in [-0.3, -0.25) is 9.78 Å². The Kier molecular flexibility index (Phi) is 3.06. The summed E-state index contributed by atoms with van der Waals surface area (Å²) >= 11 is 0. The summed E-state index contributed by atoms with van der Waals surface area (Å²) in [5.41, 5.74) is 1.26. The number of aryl methyl sites for hydroxylation is 1. The Labute approximate surface area is 96.3 Å². The number of pyridine rings is 1. The van der Waals surface area contributed by atoms with Crippen molar-refractivity contribution in [3.05, 3.63) is 29.6 Å². The van der Waals surface area contributed by atoms with Gasteiger partial charge in [0.1, 0.15) is 0 Å². The number of ketones is 1. The van der Waals surface area contributed by atoms with E-state index in [9.17, 15) is 4.79 Å². The van der Waals surface area contributed by atoms with E-state index in [0.717, 1.165) is 31.5 Å². The standard InChI is InChI=1S/C13H18N2O/c1-10-5-6-11(9-14-10)12(16)13(2)7-3-4-8-15-13/h5-6,9,15H,3-4,7-8H2,1-2H3. The van der Waals surface area contributed by atoms with Gasteiger partial charge in [-0.1, -0.05) is 0 Å². The van der Waals surface area contributed by atoms with Crippen molar-refractivity contribution in [2.24, 2.45) is 0 Å². The maximum absolute atomic E-state index is 12.3. The molecule has 0 saturated carbocycles. The second kappa shape index (κ2) is 4.34. The van der Waals surface area contributed by atoms with Gasteiger partial charge in [-0.05, 0) is 51.8 Å². The molecule has 0 spiro atoms. The van der Waals surface area contributed by atoms with Gasteiger partial charge in [0, 0.05) is 17.5 Å². The fraction of sp³-hybridized carbons (Fsp3) is 0.538. The Bertz CT molecular complexity index is 377.